The van der Waals surface area contributed by atoms with Gasteiger partial charge in [-0.15, -0.1) is 11.8 Å². The fourth-order valence-electron chi connectivity index (χ4n) is 2.83. The number of nitrogens with two attached hydrogens (primary N) is 1. The molecule has 2 aromatic carbocycles. The predicted molar refractivity (Wildman–Crippen MR) is 93.5 cm³/mol. The number of para-hydroxylation sites is 2. The molecule has 1 saturated heterocycles. The summed E-state index contributed by atoms with van der Waals surface area (Å²) in [6, 6.07) is 13.2. The second-order valence-electron chi connectivity index (χ2n) is 5.66. The van der Waals surface area contributed by atoms with Crippen molar-refractivity contribution in [3.8, 4) is 0 Å². The zero-order valence-electron chi connectivity index (χ0n) is 13.1. The molecule has 0 aromatic heterocycles. The van der Waals surface area contributed by atoms with Crippen LogP contribution in [0.4, 0.5) is 11.4 Å². The van der Waals surface area contributed by atoms with E-state index in [2.05, 4.69) is 0 Å². The first-order valence-corrected chi connectivity index (χ1v) is 8.31. The van der Waals surface area contributed by atoms with E-state index in [0.29, 0.717) is 11.4 Å². The largest absolute Gasteiger partial charge is 0.398 e. The maximum Gasteiger partial charge on any atom is 0.247 e. The molecule has 4 nitrogen and oxygen atoms in total. The minimum Gasteiger partial charge on any atom is -0.398 e. The quantitative estimate of drug-likeness (QED) is 0.694. The van der Waals surface area contributed by atoms with Gasteiger partial charge in [0.1, 0.15) is 0 Å². The normalized spacial score (nSPS) is 17.8. The van der Waals surface area contributed by atoms with Crippen molar-refractivity contribution < 1.29 is 9.59 Å². The van der Waals surface area contributed by atoms with Crippen molar-refractivity contribution in [2.24, 2.45) is 0 Å². The fraction of sp³-hybridized carbons (Fsp3) is 0.222. The van der Waals surface area contributed by atoms with Crippen molar-refractivity contribution in [2.45, 2.75) is 30.4 Å². The Morgan fingerprint density at radius 1 is 1.04 bits per heavy atom. The number of rotatable bonds is 3. The number of benzene rings is 2. The molecule has 118 valence electrons. The van der Waals surface area contributed by atoms with Crippen LogP contribution < -0.4 is 10.6 Å². The molecule has 5 heteroatoms. The van der Waals surface area contributed by atoms with Gasteiger partial charge in [-0.3, -0.25) is 9.59 Å². The summed E-state index contributed by atoms with van der Waals surface area (Å²) in [7, 11) is 0. The van der Waals surface area contributed by atoms with Crippen LogP contribution in [-0.2, 0) is 9.59 Å². The van der Waals surface area contributed by atoms with E-state index in [1.54, 1.807) is 6.07 Å². The van der Waals surface area contributed by atoms with E-state index in [9.17, 15) is 9.59 Å². The van der Waals surface area contributed by atoms with Gasteiger partial charge in [-0.2, -0.15) is 0 Å². The molecule has 0 spiro atoms. The van der Waals surface area contributed by atoms with E-state index in [0.717, 1.165) is 16.0 Å². The van der Waals surface area contributed by atoms with E-state index in [1.807, 2.05) is 50.2 Å². The lowest BCUT2D eigenvalue weighted by atomic mass is 10.1. The highest BCUT2D eigenvalue weighted by molar-refractivity contribution is 8.00. The van der Waals surface area contributed by atoms with Gasteiger partial charge in [-0.25, -0.2) is 4.90 Å². The lowest BCUT2D eigenvalue weighted by Gasteiger charge is -2.19. The SMILES string of the molecule is Cc1cccc(C)c1N1C(=O)C[C@H](Sc2ccccc2N)C1=O. The van der Waals surface area contributed by atoms with Gasteiger partial charge in [-0.05, 0) is 37.1 Å². The third kappa shape index (κ3) is 2.84. The van der Waals surface area contributed by atoms with Crippen LogP contribution in [0, 0.1) is 13.8 Å². The first-order valence-electron chi connectivity index (χ1n) is 7.43. The average molecular weight is 326 g/mol. The number of hydrogen-bond acceptors (Lipinski definition) is 4. The number of aryl methyl sites for hydroxylation is 2. The zero-order chi connectivity index (χ0) is 16.6. The number of nitrogen functional groups attached to an aromatic ring is 1. The van der Waals surface area contributed by atoms with Crippen LogP contribution in [0.2, 0.25) is 0 Å². The van der Waals surface area contributed by atoms with Crippen molar-refractivity contribution in [1.29, 1.82) is 0 Å². The zero-order valence-corrected chi connectivity index (χ0v) is 13.9. The molecule has 0 saturated carbocycles. The van der Waals surface area contributed by atoms with E-state index in [-0.39, 0.29) is 18.2 Å². The molecular formula is C18H18N2O2S. The number of amides is 2. The summed E-state index contributed by atoms with van der Waals surface area (Å²) in [6.07, 6.45) is 0.200. The van der Waals surface area contributed by atoms with Crippen molar-refractivity contribution in [2.75, 3.05) is 10.6 Å². The van der Waals surface area contributed by atoms with Crippen LogP contribution in [0.15, 0.2) is 47.4 Å². The number of thioether (sulfide) groups is 1. The second-order valence-corrected chi connectivity index (χ2v) is 6.90. The minimum atomic E-state index is -0.425. The van der Waals surface area contributed by atoms with Crippen LogP contribution >= 0.6 is 11.8 Å². The Bertz CT molecular complexity index is 768. The van der Waals surface area contributed by atoms with E-state index >= 15 is 0 Å². The average Bonchev–Trinajstić information content (AvgIpc) is 2.77. The maximum atomic E-state index is 12.8. The highest BCUT2D eigenvalue weighted by atomic mass is 32.2. The standard InChI is InChI=1S/C18H18N2O2S/c1-11-6-5-7-12(2)17(11)20-16(21)10-15(18(20)22)23-14-9-4-3-8-13(14)19/h3-9,15H,10,19H2,1-2H3/t15-/m0/s1. The molecule has 1 aliphatic heterocycles. The van der Waals surface area contributed by atoms with Crippen LogP contribution in [0.3, 0.4) is 0 Å². The Morgan fingerprint density at radius 3 is 2.35 bits per heavy atom. The number of carbonyl (C=O) groups is 2. The Kier molecular flexibility index (Phi) is 4.13. The first kappa shape index (κ1) is 15.6. The van der Waals surface area contributed by atoms with E-state index in [4.69, 9.17) is 5.73 Å². The summed E-state index contributed by atoms with van der Waals surface area (Å²) in [6.45, 7) is 3.83. The van der Waals surface area contributed by atoms with Crippen molar-refractivity contribution in [3.05, 3.63) is 53.6 Å². The molecule has 2 aromatic rings. The van der Waals surface area contributed by atoms with Gasteiger partial charge >= 0.3 is 0 Å². The Labute approximate surface area is 139 Å². The lowest BCUT2D eigenvalue weighted by Crippen LogP contribution is -2.32. The summed E-state index contributed by atoms with van der Waals surface area (Å²) < 4.78 is 0. The molecule has 1 fully saturated rings. The highest BCUT2D eigenvalue weighted by Gasteiger charge is 2.41. The molecule has 0 radical (unpaired) electrons. The topological polar surface area (TPSA) is 63.4 Å². The van der Waals surface area contributed by atoms with Crippen LogP contribution in [0.25, 0.3) is 0 Å². The number of nitrogens with zero attached hydrogens (tertiary/aromatic N) is 1. The summed E-state index contributed by atoms with van der Waals surface area (Å²) in [5.74, 6) is -0.319. The molecule has 2 amide bonds. The van der Waals surface area contributed by atoms with Crippen LogP contribution in [-0.4, -0.2) is 17.1 Å². The minimum absolute atomic E-state index is 0.153. The van der Waals surface area contributed by atoms with E-state index in [1.165, 1.54) is 16.7 Å². The highest BCUT2D eigenvalue weighted by Crippen LogP contribution is 2.37. The summed E-state index contributed by atoms with van der Waals surface area (Å²) in [5.41, 5.74) is 9.14. The van der Waals surface area contributed by atoms with Gasteiger partial charge in [0, 0.05) is 17.0 Å². The van der Waals surface area contributed by atoms with Gasteiger partial charge in [0.25, 0.3) is 0 Å². The van der Waals surface area contributed by atoms with Crippen LogP contribution in [0.1, 0.15) is 17.5 Å². The van der Waals surface area contributed by atoms with Crippen molar-refractivity contribution >= 4 is 35.0 Å². The van der Waals surface area contributed by atoms with E-state index < -0.39 is 5.25 Å². The predicted octanol–water partition coefficient (Wildman–Crippen LogP) is 3.31. The number of carbonyl (C=O) groups excluding carboxylic acids is 2. The third-order valence-electron chi connectivity index (χ3n) is 3.96. The Balaban J connectivity index is 1.90. The summed E-state index contributed by atoms with van der Waals surface area (Å²) >= 11 is 1.36. The fourth-order valence-corrected chi connectivity index (χ4v) is 3.93. The maximum absolute atomic E-state index is 12.8. The molecule has 3 rings (SSSR count). The smallest absolute Gasteiger partial charge is 0.247 e. The molecule has 0 bridgehead atoms. The molecule has 1 atom stereocenters. The van der Waals surface area contributed by atoms with Gasteiger partial charge in [0.05, 0.1) is 10.9 Å². The number of hydrogen-bond donors (Lipinski definition) is 1. The number of anilines is 2. The molecule has 1 aliphatic rings. The van der Waals surface area contributed by atoms with Crippen molar-refractivity contribution in [3.63, 3.8) is 0 Å². The Morgan fingerprint density at radius 2 is 1.70 bits per heavy atom. The van der Waals surface area contributed by atoms with Gasteiger partial charge in [-0.1, -0.05) is 30.3 Å². The molecule has 0 aliphatic carbocycles. The molecule has 1 heterocycles. The molecular weight excluding hydrogens is 308 g/mol. The van der Waals surface area contributed by atoms with Gasteiger partial charge in [0.15, 0.2) is 0 Å². The molecule has 2 N–H and O–H groups in total. The lowest BCUT2D eigenvalue weighted by molar-refractivity contribution is -0.121. The summed E-state index contributed by atoms with van der Waals surface area (Å²) in [5, 5.41) is -0.425. The Hall–Kier alpha value is -2.27. The second kappa shape index (κ2) is 6.08. The number of imide groups is 1. The van der Waals surface area contributed by atoms with Crippen molar-refractivity contribution in [1.82, 2.24) is 0 Å². The summed E-state index contributed by atoms with van der Waals surface area (Å²) in [4.78, 5) is 27.4. The molecule has 23 heavy (non-hydrogen) atoms. The van der Waals surface area contributed by atoms with Gasteiger partial charge < -0.3 is 5.73 Å². The third-order valence-corrected chi connectivity index (χ3v) is 5.24. The van der Waals surface area contributed by atoms with Crippen LogP contribution in [0.5, 0.6) is 0 Å². The molecule has 0 unspecified atom stereocenters. The first-order chi connectivity index (χ1) is 11.0. The van der Waals surface area contributed by atoms with Gasteiger partial charge in [0.2, 0.25) is 11.8 Å². The monoisotopic (exact) mass is 326 g/mol.